The first-order valence-corrected chi connectivity index (χ1v) is 15.2. The van der Waals surface area contributed by atoms with E-state index in [1.807, 2.05) is 0 Å². The van der Waals surface area contributed by atoms with Crippen molar-refractivity contribution in [3.8, 4) is 22.5 Å². The lowest BCUT2D eigenvalue weighted by Crippen LogP contribution is -2.47. The highest BCUT2D eigenvalue weighted by atomic mass is 32.2. The lowest BCUT2D eigenvalue weighted by atomic mass is 9.89. The number of nitrogens with one attached hydrogen (secondary N) is 1. The molecule has 0 atom stereocenters. The van der Waals surface area contributed by atoms with Gasteiger partial charge in [-0.3, -0.25) is 10.2 Å². The molecule has 2 aromatic rings. The van der Waals surface area contributed by atoms with E-state index in [2.05, 4.69) is 5.32 Å². The Hall–Kier alpha value is -4.35. The van der Waals surface area contributed by atoms with E-state index in [-0.39, 0.29) is 27.6 Å². The third kappa shape index (κ3) is 5.83. The van der Waals surface area contributed by atoms with Gasteiger partial charge in [0.25, 0.3) is 5.91 Å². The Balaban J connectivity index is 2.07. The van der Waals surface area contributed by atoms with Crippen molar-refractivity contribution >= 4 is 48.8 Å². The summed E-state index contributed by atoms with van der Waals surface area (Å²) in [5, 5.41) is 17.9. The molecule has 222 valence electrons. The summed E-state index contributed by atoms with van der Waals surface area (Å²) >= 11 is 0. The minimum absolute atomic E-state index is 0.0108. The summed E-state index contributed by atoms with van der Waals surface area (Å²) in [6, 6.07) is 8.29. The van der Waals surface area contributed by atoms with Crippen LogP contribution in [0.1, 0.15) is 40.0 Å². The highest BCUT2D eigenvalue weighted by Crippen LogP contribution is 2.45. The van der Waals surface area contributed by atoms with Gasteiger partial charge in [-0.15, -0.1) is 0 Å². The smallest absolute Gasteiger partial charge is 0.336 e. The predicted molar refractivity (Wildman–Crippen MR) is 146 cm³/mol. The van der Waals surface area contributed by atoms with Crippen LogP contribution in [0.2, 0.25) is 0 Å². The van der Waals surface area contributed by atoms with Gasteiger partial charge < -0.3 is 35.4 Å². The quantitative estimate of drug-likeness (QED) is 0.0670. The van der Waals surface area contributed by atoms with E-state index in [0.717, 1.165) is 31.0 Å². The van der Waals surface area contributed by atoms with Gasteiger partial charge in [-0.1, -0.05) is 12.5 Å². The molecule has 1 aliphatic heterocycles. The molecule has 0 spiro atoms. The lowest BCUT2D eigenvalue weighted by Gasteiger charge is -2.22. The summed E-state index contributed by atoms with van der Waals surface area (Å²) in [5.41, 5.74) is 9.13. The van der Waals surface area contributed by atoms with E-state index < -0.39 is 69.9 Å². The Labute approximate surface area is 239 Å². The number of carboxylic acid groups (broad SMARTS) is 1. The Bertz CT molecular complexity index is 1990. The zero-order valence-corrected chi connectivity index (χ0v) is 23.4. The molecule has 1 aliphatic carbocycles. The van der Waals surface area contributed by atoms with Crippen molar-refractivity contribution in [2.45, 2.75) is 29.1 Å². The van der Waals surface area contributed by atoms with Crippen molar-refractivity contribution in [1.29, 1.82) is 0 Å². The van der Waals surface area contributed by atoms with E-state index >= 15 is 0 Å². The largest absolute Gasteiger partial charge is 0.744 e. The Morgan fingerprint density at radius 1 is 0.929 bits per heavy atom. The number of carbonyl (C=O) groups is 2. The molecule has 0 aromatic heterocycles. The number of fused-ring (bicyclic) bond motifs is 2. The van der Waals surface area contributed by atoms with Gasteiger partial charge in [0.15, 0.2) is 16.2 Å². The zero-order chi connectivity index (χ0) is 31.0. The third-order valence-corrected chi connectivity index (χ3v) is 8.32. The molecule has 0 radical (unpaired) electrons. The molecule has 4 rings (SSSR count). The van der Waals surface area contributed by atoms with Crippen molar-refractivity contribution in [1.82, 2.24) is 5.32 Å². The van der Waals surface area contributed by atoms with Crippen molar-refractivity contribution < 1.29 is 50.5 Å². The number of hydrogen-bond acceptors (Lipinski definition) is 11. The molecule has 8 N–H and O–H groups in total. The number of benzene rings is 3. The van der Waals surface area contributed by atoms with Gasteiger partial charge >= 0.3 is 5.97 Å². The molecule has 0 bridgehead atoms. The molecular weight excluding hydrogens is 592 g/mol. The molecule has 0 fully saturated rings. The standard InChI is InChI=1S/C26H26N4O10S2/c27-10-2-1-3-11-30-25(31)13-4-5-14(17(12-13)26(32)33)20-15-6-8-18(28)23(41(34,35)36)21(15)40-22-16(20)7-9-19(29)24(22)42(37,38)39/h4-9,12,28H,1-3,10-11,27,29H2,(H,30,31)(H,32,33)(H,34,35,36)(H,37,38,39)/p-1. The second-order valence-electron chi connectivity index (χ2n) is 9.28. The highest BCUT2D eigenvalue weighted by molar-refractivity contribution is 7.86. The van der Waals surface area contributed by atoms with Crippen LogP contribution in [0.15, 0.2) is 56.7 Å². The van der Waals surface area contributed by atoms with Gasteiger partial charge in [-0.25, -0.2) is 21.6 Å². The fraction of sp³-hybridized carbons (Fsp3) is 0.192. The number of carboxylic acids is 1. The maximum absolute atomic E-state index is 12.7. The van der Waals surface area contributed by atoms with E-state index in [0.29, 0.717) is 19.5 Å². The summed E-state index contributed by atoms with van der Waals surface area (Å²) in [4.78, 5) is 23.1. The first kappa shape index (κ1) is 30.6. The summed E-state index contributed by atoms with van der Waals surface area (Å²) in [7, 11) is -10.7. The second-order valence-corrected chi connectivity index (χ2v) is 11.9. The fourth-order valence-corrected chi connectivity index (χ4v) is 6.11. The highest BCUT2D eigenvalue weighted by Gasteiger charge is 2.30. The van der Waals surface area contributed by atoms with Gasteiger partial charge in [-0.2, -0.15) is 0 Å². The van der Waals surface area contributed by atoms with Crippen LogP contribution in [0.5, 0.6) is 0 Å². The number of anilines is 1. The van der Waals surface area contributed by atoms with Crippen LogP contribution in [-0.2, 0) is 20.2 Å². The van der Waals surface area contributed by atoms with E-state index in [1.165, 1.54) is 24.3 Å². The molecule has 0 saturated heterocycles. The zero-order valence-electron chi connectivity index (χ0n) is 21.7. The predicted octanol–water partition coefficient (Wildman–Crippen LogP) is -0.188. The van der Waals surface area contributed by atoms with E-state index in [4.69, 9.17) is 21.3 Å². The van der Waals surface area contributed by atoms with Crippen LogP contribution in [-0.4, -0.2) is 56.0 Å². The summed E-state index contributed by atoms with van der Waals surface area (Å²) in [5.74, 6) is -2.78. The molecule has 14 nitrogen and oxygen atoms in total. The first-order valence-electron chi connectivity index (χ1n) is 12.3. The van der Waals surface area contributed by atoms with Crippen LogP contribution < -0.4 is 27.6 Å². The molecule has 42 heavy (non-hydrogen) atoms. The number of hydrogen-bond donors (Lipinski definition) is 5. The monoisotopic (exact) mass is 617 g/mol. The SMILES string of the molecule is NCCCCCNC(=O)c1ccc(-c2c3ccc(=[NH2+])c(S(=O)(=O)[O-])c-3oc3c(S(=O)(=O)[O-])c(N)ccc23)c(C(=O)O)c1. The molecule has 1 amide bonds. The van der Waals surface area contributed by atoms with E-state index in [1.54, 1.807) is 0 Å². The Morgan fingerprint density at radius 2 is 1.60 bits per heavy atom. The second kappa shape index (κ2) is 11.5. The molecule has 0 unspecified atom stereocenters. The molecule has 16 heteroatoms. The molecule has 0 saturated carbocycles. The van der Waals surface area contributed by atoms with Crippen LogP contribution in [0.3, 0.4) is 0 Å². The number of unbranched alkanes of at least 4 members (excludes halogenated alkanes) is 2. The maximum atomic E-state index is 12.7. The van der Waals surface area contributed by atoms with Gasteiger partial charge in [0.05, 0.1) is 11.3 Å². The average Bonchev–Trinajstić information content (AvgIpc) is 2.89. The van der Waals surface area contributed by atoms with Crippen LogP contribution in [0, 0.1) is 0 Å². The third-order valence-electron chi connectivity index (χ3n) is 6.48. The van der Waals surface area contributed by atoms with Crippen LogP contribution in [0.25, 0.3) is 33.4 Å². The minimum Gasteiger partial charge on any atom is -0.744 e. The summed E-state index contributed by atoms with van der Waals surface area (Å²) in [6.07, 6.45) is 2.22. The maximum Gasteiger partial charge on any atom is 0.336 e. The van der Waals surface area contributed by atoms with E-state index in [9.17, 15) is 40.6 Å². The van der Waals surface area contributed by atoms with Crippen LogP contribution >= 0.6 is 0 Å². The van der Waals surface area contributed by atoms with Gasteiger partial charge in [-0.05, 0) is 55.3 Å². The normalized spacial score (nSPS) is 12.1. The van der Waals surface area contributed by atoms with Crippen molar-refractivity contribution in [3.05, 3.63) is 58.9 Å². The number of nitrogens with two attached hydrogens (primary N) is 3. The Morgan fingerprint density at radius 3 is 2.21 bits per heavy atom. The topological polar surface area (TPSA) is 272 Å². The number of amides is 1. The first-order chi connectivity index (χ1) is 19.7. The molecule has 2 aromatic carbocycles. The van der Waals surface area contributed by atoms with Gasteiger partial charge in [0.1, 0.15) is 25.1 Å². The fourth-order valence-electron chi connectivity index (χ4n) is 4.64. The molecule has 2 aliphatic rings. The number of rotatable bonds is 10. The molecular formula is C26H25N4O10S2-. The Kier molecular flexibility index (Phi) is 8.38. The van der Waals surface area contributed by atoms with Crippen molar-refractivity contribution in [2.75, 3.05) is 18.8 Å². The van der Waals surface area contributed by atoms with Crippen molar-refractivity contribution in [3.63, 3.8) is 0 Å². The lowest BCUT2D eigenvalue weighted by molar-refractivity contribution is -0.176. The number of nitrogen functional groups attached to an aromatic ring is 1. The average molecular weight is 618 g/mol. The summed E-state index contributed by atoms with van der Waals surface area (Å²) < 4.78 is 78.8. The van der Waals surface area contributed by atoms with Gasteiger partial charge in [0.2, 0.25) is 5.36 Å². The van der Waals surface area contributed by atoms with Gasteiger partial charge in [0, 0.05) is 34.7 Å². The number of carbonyl (C=O) groups excluding carboxylic acids is 1. The minimum atomic E-state index is -5.35. The van der Waals surface area contributed by atoms with Crippen LogP contribution in [0.4, 0.5) is 5.69 Å². The molecule has 1 heterocycles. The number of aromatic carboxylic acids is 1. The summed E-state index contributed by atoms with van der Waals surface area (Å²) in [6.45, 7) is 0.831. The van der Waals surface area contributed by atoms with Crippen molar-refractivity contribution in [2.24, 2.45) is 5.73 Å².